The summed E-state index contributed by atoms with van der Waals surface area (Å²) in [6.45, 7) is 7.16. The third-order valence-electron chi connectivity index (χ3n) is 5.22. The van der Waals surface area contributed by atoms with Crippen LogP contribution in [-0.2, 0) is 17.9 Å². The van der Waals surface area contributed by atoms with Gasteiger partial charge in [0.25, 0.3) is 0 Å². The first-order chi connectivity index (χ1) is 13.7. The largest absolute Gasteiger partial charge is 0.341 e. The van der Waals surface area contributed by atoms with Crippen molar-refractivity contribution in [2.45, 2.75) is 39.3 Å². The maximum atomic E-state index is 12.5. The molecule has 0 spiro atoms. The van der Waals surface area contributed by atoms with Crippen LogP contribution in [0.2, 0.25) is 0 Å². The van der Waals surface area contributed by atoms with Crippen molar-refractivity contribution in [3.05, 3.63) is 48.4 Å². The number of pyridine rings is 1. The molecule has 0 bridgehead atoms. The van der Waals surface area contributed by atoms with Gasteiger partial charge < -0.3 is 9.30 Å². The van der Waals surface area contributed by atoms with E-state index in [-0.39, 0.29) is 5.91 Å². The quantitative estimate of drug-likeness (QED) is 0.651. The highest BCUT2D eigenvalue weighted by Crippen LogP contribution is 2.12. The smallest absolute Gasteiger partial charge is 0.222 e. The Morgan fingerprint density at radius 3 is 2.93 bits per heavy atom. The van der Waals surface area contributed by atoms with E-state index in [1.165, 1.54) is 11.9 Å². The van der Waals surface area contributed by atoms with Crippen LogP contribution in [0.1, 0.15) is 30.5 Å². The molecule has 148 valence electrons. The highest BCUT2D eigenvalue weighted by atomic mass is 16.2. The number of carbonyl (C=O) groups is 1. The van der Waals surface area contributed by atoms with E-state index in [0.717, 1.165) is 63.5 Å². The molecule has 3 aromatic rings. The van der Waals surface area contributed by atoms with Crippen LogP contribution in [0.4, 0.5) is 0 Å². The zero-order chi connectivity index (χ0) is 19.3. The van der Waals surface area contributed by atoms with Gasteiger partial charge in [0.1, 0.15) is 18.3 Å². The molecule has 8 nitrogen and oxygen atoms in total. The molecular formula is C20H27N7O. The summed E-state index contributed by atoms with van der Waals surface area (Å²) >= 11 is 0. The summed E-state index contributed by atoms with van der Waals surface area (Å²) in [5, 5.41) is 4.08. The van der Waals surface area contributed by atoms with Crippen LogP contribution in [0.3, 0.4) is 0 Å². The Labute approximate surface area is 164 Å². The number of aromatic nitrogens is 5. The highest BCUT2D eigenvalue weighted by Gasteiger charge is 2.19. The van der Waals surface area contributed by atoms with Crippen LogP contribution < -0.4 is 0 Å². The normalized spacial score (nSPS) is 15.8. The van der Waals surface area contributed by atoms with Crippen molar-refractivity contribution in [3.63, 3.8) is 0 Å². The van der Waals surface area contributed by atoms with Gasteiger partial charge in [0.15, 0.2) is 0 Å². The summed E-state index contributed by atoms with van der Waals surface area (Å²) in [6, 6.07) is 4.14. The SMILES string of the molecule is Cc1ccc2nc(CN3CCCN(C(=O)CCCn4cncn4)CC3)cn2c1. The molecule has 1 saturated heterocycles. The highest BCUT2D eigenvalue weighted by molar-refractivity contribution is 5.76. The molecule has 28 heavy (non-hydrogen) atoms. The number of fused-ring (bicyclic) bond motifs is 1. The molecule has 3 aromatic heterocycles. The molecule has 1 fully saturated rings. The van der Waals surface area contributed by atoms with Crippen molar-refractivity contribution in [2.75, 3.05) is 26.2 Å². The van der Waals surface area contributed by atoms with Crippen LogP contribution in [0.5, 0.6) is 0 Å². The number of rotatable bonds is 6. The minimum Gasteiger partial charge on any atom is -0.341 e. The molecule has 4 heterocycles. The van der Waals surface area contributed by atoms with E-state index in [9.17, 15) is 4.79 Å². The number of imidazole rings is 1. The van der Waals surface area contributed by atoms with E-state index >= 15 is 0 Å². The van der Waals surface area contributed by atoms with Gasteiger partial charge >= 0.3 is 0 Å². The Morgan fingerprint density at radius 2 is 2.07 bits per heavy atom. The van der Waals surface area contributed by atoms with Gasteiger partial charge in [-0.25, -0.2) is 9.97 Å². The van der Waals surface area contributed by atoms with Crippen molar-refractivity contribution in [2.24, 2.45) is 0 Å². The third kappa shape index (κ3) is 4.56. The molecule has 0 N–H and O–H groups in total. The Bertz CT molecular complexity index is 918. The molecule has 1 amide bonds. The predicted molar refractivity (Wildman–Crippen MR) is 106 cm³/mol. The Kier molecular flexibility index (Phi) is 5.66. The van der Waals surface area contributed by atoms with Crippen LogP contribution in [0, 0.1) is 6.92 Å². The monoisotopic (exact) mass is 381 g/mol. The van der Waals surface area contributed by atoms with Gasteiger partial charge in [-0.05, 0) is 31.4 Å². The summed E-state index contributed by atoms with van der Waals surface area (Å²) in [4.78, 5) is 25.6. The van der Waals surface area contributed by atoms with E-state index in [0.29, 0.717) is 6.42 Å². The minimum atomic E-state index is 0.241. The molecule has 0 atom stereocenters. The minimum absolute atomic E-state index is 0.241. The Hall–Kier alpha value is -2.74. The molecule has 4 rings (SSSR count). The van der Waals surface area contributed by atoms with Crippen molar-refractivity contribution in [1.82, 2.24) is 33.9 Å². The Balaban J connectivity index is 1.27. The molecule has 1 aliphatic rings. The van der Waals surface area contributed by atoms with Crippen LogP contribution >= 0.6 is 0 Å². The number of aryl methyl sites for hydroxylation is 2. The zero-order valence-electron chi connectivity index (χ0n) is 16.4. The first-order valence-electron chi connectivity index (χ1n) is 9.94. The summed E-state index contributed by atoms with van der Waals surface area (Å²) in [6.07, 6.45) is 9.79. The second-order valence-electron chi connectivity index (χ2n) is 7.48. The van der Waals surface area contributed by atoms with Crippen molar-refractivity contribution >= 4 is 11.6 Å². The second kappa shape index (κ2) is 8.52. The molecule has 8 heteroatoms. The van der Waals surface area contributed by atoms with Crippen LogP contribution in [0.25, 0.3) is 5.65 Å². The first-order valence-corrected chi connectivity index (χ1v) is 9.94. The van der Waals surface area contributed by atoms with E-state index in [4.69, 9.17) is 4.98 Å². The predicted octanol–water partition coefficient (Wildman–Crippen LogP) is 1.75. The molecule has 0 saturated carbocycles. The lowest BCUT2D eigenvalue weighted by Crippen LogP contribution is -2.35. The molecule has 0 radical (unpaired) electrons. The summed E-state index contributed by atoms with van der Waals surface area (Å²) in [5.74, 6) is 0.241. The molecular weight excluding hydrogens is 354 g/mol. The van der Waals surface area contributed by atoms with E-state index in [1.807, 2.05) is 4.90 Å². The van der Waals surface area contributed by atoms with Gasteiger partial charge in [0.2, 0.25) is 5.91 Å². The average molecular weight is 381 g/mol. The first kappa shape index (κ1) is 18.6. The number of nitrogens with zero attached hydrogens (tertiary/aromatic N) is 7. The van der Waals surface area contributed by atoms with Gasteiger partial charge in [-0.1, -0.05) is 6.07 Å². The van der Waals surface area contributed by atoms with Crippen LogP contribution in [0.15, 0.2) is 37.2 Å². The van der Waals surface area contributed by atoms with E-state index in [2.05, 4.69) is 50.8 Å². The number of hydrogen-bond acceptors (Lipinski definition) is 5. The molecule has 1 aliphatic heterocycles. The Morgan fingerprint density at radius 1 is 1.14 bits per heavy atom. The number of hydrogen-bond donors (Lipinski definition) is 0. The number of amides is 1. The summed E-state index contributed by atoms with van der Waals surface area (Å²) < 4.78 is 3.86. The topological polar surface area (TPSA) is 71.6 Å². The lowest BCUT2D eigenvalue weighted by atomic mass is 10.2. The van der Waals surface area contributed by atoms with Crippen molar-refractivity contribution in [1.29, 1.82) is 0 Å². The fourth-order valence-corrected chi connectivity index (χ4v) is 3.74. The third-order valence-corrected chi connectivity index (χ3v) is 5.22. The second-order valence-corrected chi connectivity index (χ2v) is 7.48. The van der Waals surface area contributed by atoms with Gasteiger partial charge in [0.05, 0.1) is 5.69 Å². The van der Waals surface area contributed by atoms with Gasteiger partial charge in [0, 0.05) is 58.1 Å². The fourth-order valence-electron chi connectivity index (χ4n) is 3.74. The molecule has 0 unspecified atom stereocenters. The molecule has 0 aromatic carbocycles. The van der Waals surface area contributed by atoms with Crippen molar-refractivity contribution < 1.29 is 4.79 Å². The maximum absolute atomic E-state index is 12.5. The lowest BCUT2D eigenvalue weighted by molar-refractivity contribution is -0.131. The number of carbonyl (C=O) groups excluding carboxylic acids is 1. The zero-order valence-corrected chi connectivity index (χ0v) is 16.4. The summed E-state index contributed by atoms with van der Waals surface area (Å²) in [7, 11) is 0. The van der Waals surface area contributed by atoms with Gasteiger partial charge in [-0.2, -0.15) is 5.10 Å². The van der Waals surface area contributed by atoms with Gasteiger partial charge in [-0.3, -0.25) is 14.4 Å². The maximum Gasteiger partial charge on any atom is 0.222 e. The van der Waals surface area contributed by atoms with Crippen molar-refractivity contribution in [3.8, 4) is 0 Å². The van der Waals surface area contributed by atoms with Crippen LogP contribution in [-0.4, -0.2) is 66.0 Å². The van der Waals surface area contributed by atoms with E-state index in [1.54, 1.807) is 11.0 Å². The average Bonchev–Trinajstić information content (AvgIpc) is 3.26. The van der Waals surface area contributed by atoms with Gasteiger partial charge in [-0.15, -0.1) is 0 Å². The lowest BCUT2D eigenvalue weighted by Gasteiger charge is -2.21. The van der Waals surface area contributed by atoms with E-state index < -0.39 is 0 Å². The molecule has 0 aliphatic carbocycles. The standard InChI is InChI=1S/C20H27N7O/c1-17-5-6-19-23-18(14-26(19)12-17)13-24-7-3-8-25(11-10-24)20(28)4-2-9-27-16-21-15-22-27/h5-6,12,14-16H,2-4,7-11,13H2,1H3. The summed E-state index contributed by atoms with van der Waals surface area (Å²) in [5.41, 5.74) is 3.29. The fraction of sp³-hybridized carbons (Fsp3) is 0.500.